The number of nitrogens with zero attached hydrogens (tertiary/aromatic N) is 3. The fraction of sp³-hybridized carbons (Fsp3) is 0.150. The van der Waals surface area contributed by atoms with Crippen molar-refractivity contribution < 1.29 is 8.78 Å². The largest absolute Gasteiger partial charge is 0.384 e. The van der Waals surface area contributed by atoms with E-state index in [1.807, 2.05) is 13.0 Å². The second kappa shape index (κ2) is 6.75. The average molecular weight is 365 g/mol. The molecule has 2 aromatic rings. The maximum Gasteiger partial charge on any atom is 0.131 e. The van der Waals surface area contributed by atoms with E-state index in [1.54, 1.807) is 18.3 Å². The first kappa shape index (κ1) is 17.1. The molecule has 5 nitrogen and oxygen atoms in total. The highest BCUT2D eigenvalue weighted by atomic mass is 19.1. The summed E-state index contributed by atoms with van der Waals surface area (Å²) >= 11 is 0. The van der Waals surface area contributed by atoms with Gasteiger partial charge in [0.05, 0.1) is 23.7 Å². The van der Waals surface area contributed by atoms with Crippen molar-refractivity contribution in [2.24, 2.45) is 9.98 Å². The number of halogens is 2. The van der Waals surface area contributed by atoms with Crippen molar-refractivity contribution in [3.05, 3.63) is 82.3 Å². The van der Waals surface area contributed by atoms with Crippen molar-refractivity contribution in [3.8, 4) is 0 Å². The van der Waals surface area contributed by atoms with E-state index in [1.165, 1.54) is 18.2 Å². The lowest BCUT2D eigenvalue weighted by molar-refractivity contribution is 0.547. The van der Waals surface area contributed by atoms with Gasteiger partial charge in [0.15, 0.2) is 0 Å². The summed E-state index contributed by atoms with van der Waals surface area (Å²) in [5, 5.41) is 3.16. The van der Waals surface area contributed by atoms with Crippen LogP contribution in [0, 0.1) is 11.6 Å². The fourth-order valence-corrected chi connectivity index (χ4v) is 3.18. The highest BCUT2D eigenvalue weighted by Crippen LogP contribution is 2.26. The number of aliphatic imine (C=N–C) groups is 2. The number of anilines is 1. The molecule has 2 aliphatic rings. The zero-order chi connectivity index (χ0) is 19.0. The third-order valence-corrected chi connectivity index (χ3v) is 4.43. The standard InChI is InChI=1S/C20H17F2N5/c1-11-7-13-17(27-11)10-26-19(12-5-6-24-18(23)8-12)20(13)25-9-14-15(21)3-2-4-16(14)22/h2-8,25H,9-10H2,1H3,(H2,23,24). The van der Waals surface area contributed by atoms with Crippen LogP contribution in [0.25, 0.3) is 0 Å². The number of fused-ring (bicyclic) bond motifs is 1. The number of nitrogens with two attached hydrogens (primary N) is 1. The molecular weight excluding hydrogens is 348 g/mol. The van der Waals surface area contributed by atoms with E-state index in [4.69, 9.17) is 5.73 Å². The number of hydrogen-bond donors (Lipinski definition) is 2. The molecule has 136 valence electrons. The van der Waals surface area contributed by atoms with Crippen LogP contribution in [0.2, 0.25) is 0 Å². The molecule has 0 saturated heterocycles. The predicted molar refractivity (Wildman–Crippen MR) is 101 cm³/mol. The van der Waals surface area contributed by atoms with Crippen LogP contribution >= 0.6 is 0 Å². The van der Waals surface area contributed by atoms with Gasteiger partial charge in [0, 0.05) is 35.1 Å². The van der Waals surface area contributed by atoms with Gasteiger partial charge >= 0.3 is 0 Å². The SMILES string of the molecule is CC1=CC2=C(NCc3c(F)cccc3F)C(c3ccnc(N)c3)=NCC2=N1. The van der Waals surface area contributed by atoms with E-state index in [9.17, 15) is 8.78 Å². The van der Waals surface area contributed by atoms with Crippen LogP contribution in [0.5, 0.6) is 0 Å². The van der Waals surface area contributed by atoms with Gasteiger partial charge in [-0.3, -0.25) is 9.98 Å². The molecule has 3 N–H and O–H groups in total. The summed E-state index contributed by atoms with van der Waals surface area (Å²) in [5.74, 6) is -0.817. The van der Waals surface area contributed by atoms with Gasteiger partial charge in [-0.25, -0.2) is 13.8 Å². The first-order chi connectivity index (χ1) is 13.0. The zero-order valence-corrected chi connectivity index (χ0v) is 14.6. The summed E-state index contributed by atoms with van der Waals surface area (Å²) in [5.41, 5.74) is 10.5. The number of pyridine rings is 1. The van der Waals surface area contributed by atoms with Crippen molar-refractivity contribution in [1.82, 2.24) is 10.3 Å². The summed E-state index contributed by atoms with van der Waals surface area (Å²) < 4.78 is 28.0. The summed E-state index contributed by atoms with van der Waals surface area (Å²) in [6, 6.07) is 7.35. The Bertz CT molecular complexity index is 1030. The van der Waals surface area contributed by atoms with Gasteiger partial charge in [-0.1, -0.05) is 6.07 Å². The fourth-order valence-electron chi connectivity index (χ4n) is 3.18. The lowest BCUT2D eigenvalue weighted by Crippen LogP contribution is -2.29. The van der Waals surface area contributed by atoms with Crippen molar-refractivity contribution in [2.45, 2.75) is 13.5 Å². The Morgan fingerprint density at radius 2 is 1.96 bits per heavy atom. The molecule has 0 aliphatic carbocycles. The highest BCUT2D eigenvalue weighted by molar-refractivity contribution is 6.23. The first-order valence-electron chi connectivity index (χ1n) is 8.47. The molecule has 27 heavy (non-hydrogen) atoms. The minimum Gasteiger partial charge on any atom is -0.384 e. The molecule has 7 heteroatoms. The zero-order valence-electron chi connectivity index (χ0n) is 14.6. The Balaban J connectivity index is 1.74. The van der Waals surface area contributed by atoms with Crippen LogP contribution in [0.15, 0.2) is 69.6 Å². The summed E-state index contributed by atoms with van der Waals surface area (Å²) in [6.07, 6.45) is 3.54. The number of nitrogens with one attached hydrogen (secondary N) is 1. The quantitative estimate of drug-likeness (QED) is 0.874. The van der Waals surface area contributed by atoms with Crippen molar-refractivity contribution in [2.75, 3.05) is 12.3 Å². The molecule has 0 amide bonds. The van der Waals surface area contributed by atoms with E-state index >= 15 is 0 Å². The Morgan fingerprint density at radius 3 is 2.70 bits per heavy atom. The number of aromatic nitrogens is 1. The molecule has 2 aliphatic heterocycles. The maximum atomic E-state index is 14.0. The molecule has 0 saturated carbocycles. The van der Waals surface area contributed by atoms with Crippen molar-refractivity contribution in [3.63, 3.8) is 0 Å². The Labute approximate surface area is 155 Å². The maximum absolute atomic E-state index is 14.0. The lowest BCUT2D eigenvalue weighted by Gasteiger charge is -2.21. The van der Waals surface area contributed by atoms with Gasteiger partial charge in [0.2, 0.25) is 0 Å². The van der Waals surface area contributed by atoms with Crippen molar-refractivity contribution in [1.29, 1.82) is 0 Å². The van der Waals surface area contributed by atoms with E-state index in [0.29, 0.717) is 23.8 Å². The molecule has 3 heterocycles. The number of dihydropyridines is 1. The number of benzene rings is 1. The third kappa shape index (κ3) is 3.23. The topological polar surface area (TPSA) is 75.7 Å². The van der Waals surface area contributed by atoms with Crippen LogP contribution in [-0.4, -0.2) is 23.0 Å². The molecule has 0 radical (unpaired) electrons. The Morgan fingerprint density at radius 1 is 1.19 bits per heavy atom. The summed E-state index contributed by atoms with van der Waals surface area (Å²) in [4.78, 5) is 13.1. The van der Waals surface area contributed by atoms with Crippen LogP contribution in [-0.2, 0) is 6.54 Å². The molecular formula is C20H17F2N5. The molecule has 0 unspecified atom stereocenters. The second-order valence-corrected chi connectivity index (χ2v) is 6.32. The van der Waals surface area contributed by atoms with Gasteiger partial charge in [-0.2, -0.15) is 0 Å². The van der Waals surface area contributed by atoms with E-state index in [-0.39, 0.29) is 12.1 Å². The van der Waals surface area contributed by atoms with Crippen LogP contribution in [0.4, 0.5) is 14.6 Å². The van der Waals surface area contributed by atoms with Gasteiger partial charge in [0.1, 0.15) is 17.5 Å². The number of nitrogen functional groups attached to an aromatic ring is 1. The summed E-state index contributed by atoms with van der Waals surface area (Å²) in [6.45, 7) is 2.31. The highest BCUT2D eigenvalue weighted by Gasteiger charge is 2.26. The van der Waals surface area contributed by atoms with Gasteiger partial charge in [0.25, 0.3) is 0 Å². The monoisotopic (exact) mass is 365 g/mol. The Hall–Kier alpha value is -3.35. The molecule has 4 rings (SSSR count). The van der Waals surface area contributed by atoms with E-state index in [2.05, 4.69) is 20.3 Å². The molecule has 0 spiro atoms. The normalized spacial score (nSPS) is 15.9. The number of allylic oxidation sites excluding steroid dienone is 3. The Kier molecular flexibility index (Phi) is 4.27. The van der Waals surface area contributed by atoms with Crippen LogP contribution < -0.4 is 11.1 Å². The van der Waals surface area contributed by atoms with Crippen LogP contribution in [0.3, 0.4) is 0 Å². The molecule has 0 atom stereocenters. The minimum atomic E-state index is -0.595. The van der Waals surface area contributed by atoms with E-state index < -0.39 is 11.6 Å². The second-order valence-electron chi connectivity index (χ2n) is 6.32. The van der Waals surface area contributed by atoms with Gasteiger partial charge in [-0.05, 0) is 37.3 Å². The average Bonchev–Trinajstić information content (AvgIpc) is 3.01. The van der Waals surface area contributed by atoms with Gasteiger partial charge < -0.3 is 11.1 Å². The van der Waals surface area contributed by atoms with Crippen LogP contribution in [0.1, 0.15) is 18.1 Å². The number of hydrogen-bond acceptors (Lipinski definition) is 5. The lowest BCUT2D eigenvalue weighted by atomic mass is 9.97. The molecule has 0 fully saturated rings. The van der Waals surface area contributed by atoms with E-state index in [0.717, 1.165) is 22.5 Å². The number of rotatable bonds is 4. The van der Waals surface area contributed by atoms with Gasteiger partial charge in [-0.15, -0.1) is 0 Å². The summed E-state index contributed by atoms with van der Waals surface area (Å²) in [7, 11) is 0. The van der Waals surface area contributed by atoms with Crippen molar-refractivity contribution >= 4 is 17.2 Å². The molecule has 1 aromatic carbocycles. The molecule has 0 bridgehead atoms. The third-order valence-electron chi connectivity index (χ3n) is 4.43. The predicted octanol–water partition coefficient (Wildman–Crippen LogP) is 3.15. The first-order valence-corrected chi connectivity index (χ1v) is 8.47. The molecule has 1 aromatic heterocycles. The minimum absolute atomic E-state index is 0.0168. The smallest absolute Gasteiger partial charge is 0.131 e.